The smallest absolute Gasteiger partial charge is 0.355 e. The van der Waals surface area contributed by atoms with E-state index in [2.05, 4.69) is 16.6 Å². The van der Waals surface area contributed by atoms with Crippen LogP contribution in [0.1, 0.15) is 23.5 Å². The van der Waals surface area contributed by atoms with Crippen LogP contribution in [0.5, 0.6) is 0 Å². The summed E-state index contributed by atoms with van der Waals surface area (Å²) in [7, 11) is 2.38. The zero-order valence-corrected chi connectivity index (χ0v) is 18.9. The van der Waals surface area contributed by atoms with Gasteiger partial charge < -0.3 is 15.2 Å². The molecule has 176 valence electrons. The number of esters is 2. The first-order valence-corrected chi connectivity index (χ1v) is 10.5. The minimum absolute atomic E-state index is 0.0304. The maximum atomic E-state index is 13.1. The molecule has 1 atom stereocenters. The van der Waals surface area contributed by atoms with E-state index in [0.29, 0.717) is 22.5 Å². The molecular weight excluding hydrogens is 450 g/mol. The monoisotopic (exact) mass is 471 g/mol. The summed E-state index contributed by atoms with van der Waals surface area (Å²) in [4.78, 5) is 38.9. The van der Waals surface area contributed by atoms with Crippen molar-refractivity contribution in [2.24, 2.45) is 10.8 Å². The van der Waals surface area contributed by atoms with Gasteiger partial charge in [0.05, 0.1) is 49.5 Å². The van der Waals surface area contributed by atoms with Gasteiger partial charge in [0.25, 0.3) is 0 Å². The van der Waals surface area contributed by atoms with Gasteiger partial charge in [-0.2, -0.15) is 10.4 Å². The van der Waals surface area contributed by atoms with Gasteiger partial charge in [-0.1, -0.05) is 42.5 Å². The molecular formula is C25H21N5O5. The summed E-state index contributed by atoms with van der Waals surface area (Å²) < 4.78 is 10.0. The lowest BCUT2D eigenvalue weighted by Gasteiger charge is -2.35. The van der Waals surface area contributed by atoms with Gasteiger partial charge in [-0.25, -0.2) is 15.0 Å². The van der Waals surface area contributed by atoms with Crippen molar-refractivity contribution in [3.05, 3.63) is 88.4 Å². The number of amides is 1. The summed E-state index contributed by atoms with van der Waals surface area (Å²) in [6.07, 6.45) is 0.141. The molecule has 2 aromatic rings. The molecule has 0 aromatic heterocycles. The second-order valence-corrected chi connectivity index (χ2v) is 7.65. The van der Waals surface area contributed by atoms with Crippen LogP contribution in [0, 0.1) is 11.3 Å². The molecule has 3 N–H and O–H groups in total. The Morgan fingerprint density at radius 2 is 1.74 bits per heavy atom. The zero-order chi connectivity index (χ0) is 25.1. The Hall–Kier alpha value is -4.91. The third kappa shape index (κ3) is 4.11. The van der Waals surface area contributed by atoms with Gasteiger partial charge in [-0.05, 0) is 23.3 Å². The van der Waals surface area contributed by atoms with Crippen molar-refractivity contribution in [1.29, 1.82) is 5.26 Å². The number of nitrogens with one attached hydrogen (secondary N) is 1. The molecule has 2 heterocycles. The Bertz CT molecular complexity index is 1340. The van der Waals surface area contributed by atoms with Crippen molar-refractivity contribution in [2.45, 2.75) is 12.3 Å². The normalized spacial score (nSPS) is 17.5. The zero-order valence-electron chi connectivity index (χ0n) is 18.9. The summed E-state index contributed by atoms with van der Waals surface area (Å²) in [5, 5.41) is 14.1. The number of nitrogens with two attached hydrogens (primary N) is 1. The van der Waals surface area contributed by atoms with Crippen molar-refractivity contribution >= 4 is 29.2 Å². The van der Waals surface area contributed by atoms with Crippen molar-refractivity contribution in [1.82, 2.24) is 5.43 Å². The molecule has 10 nitrogen and oxygen atoms in total. The molecule has 0 fully saturated rings. The quantitative estimate of drug-likeness (QED) is 0.628. The summed E-state index contributed by atoms with van der Waals surface area (Å²) in [6, 6.07) is 17.5. The van der Waals surface area contributed by atoms with E-state index in [0.717, 1.165) is 0 Å². The topological polar surface area (TPSA) is 147 Å². The Morgan fingerprint density at radius 1 is 1.09 bits per heavy atom. The van der Waals surface area contributed by atoms with E-state index in [1.807, 2.05) is 0 Å². The molecule has 0 radical (unpaired) electrons. The maximum absolute atomic E-state index is 13.1. The van der Waals surface area contributed by atoms with Crippen LogP contribution in [0.25, 0.3) is 0 Å². The number of carbonyl (C=O) groups excluding carboxylic acids is 3. The highest BCUT2D eigenvalue weighted by atomic mass is 16.5. The predicted molar refractivity (Wildman–Crippen MR) is 125 cm³/mol. The molecule has 2 aliphatic heterocycles. The number of methoxy groups -OCH3 is 2. The minimum atomic E-state index is -0.941. The highest BCUT2D eigenvalue weighted by Crippen LogP contribution is 2.43. The largest absolute Gasteiger partial charge is 0.466 e. The molecule has 0 saturated heterocycles. The lowest BCUT2D eigenvalue weighted by atomic mass is 9.81. The Labute approximate surface area is 200 Å². The van der Waals surface area contributed by atoms with Gasteiger partial charge in [-0.3, -0.25) is 9.69 Å². The van der Waals surface area contributed by atoms with Crippen molar-refractivity contribution in [2.75, 3.05) is 19.1 Å². The highest BCUT2D eigenvalue weighted by molar-refractivity contribution is 6.14. The highest BCUT2D eigenvalue weighted by Gasteiger charge is 2.43. The molecule has 0 bridgehead atoms. The average molecular weight is 471 g/mol. The van der Waals surface area contributed by atoms with E-state index in [9.17, 15) is 19.6 Å². The van der Waals surface area contributed by atoms with E-state index in [1.54, 1.807) is 54.6 Å². The lowest BCUT2D eigenvalue weighted by Crippen LogP contribution is -2.40. The first-order chi connectivity index (χ1) is 16.9. The first-order valence-electron chi connectivity index (χ1n) is 10.5. The van der Waals surface area contributed by atoms with E-state index in [4.69, 9.17) is 15.2 Å². The fourth-order valence-corrected chi connectivity index (χ4v) is 4.11. The van der Waals surface area contributed by atoms with Crippen LogP contribution < -0.4 is 16.1 Å². The Morgan fingerprint density at radius 3 is 2.29 bits per heavy atom. The molecule has 0 saturated carbocycles. The molecule has 2 aromatic carbocycles. The van der Waals surface area contributed by atoms with Crippen LogP contribution in [0.2, 0.25) is 0 Å². The molecule has 0 spiro atoms. The number of nitriles is 1. The average Bonchev–Trinajstić information content (AvgIpc) is 3.33. The first kappa shape index (κ1) is 23.3. The molecule has 1 unspecified atom stereocenters. The van der Waals surface area contributed by atoms with Crippen molar-refractivity contribution in [3.8, 4) is 6.07 Å². The van der Waals surface area contributed by atoms with Gasteiger partial charge >= 0.3 is 11.9 Å². The Balaban J connectivity index is 1.93. The summed E-state index contributed by atoms with van der Waals surface area (Å²) in [6.45, 7) is 0. The van der Waals surface area contributed by atoms with E-state index in [1.165, 1.54) is 19.1 Å². The number of hydrazone groups is 1. The second-order valence-electron chi connectivity index (χ2n) is 7.65. The van der Waals surface area contributed by atoms with E-state index in [-0.39, 0.29) is 35.0 Å². The Kier molecular flexibility index (Phi) is 6.33. The number of allylic oxidation sites excluding steroid dienone is 1. The molecule has 1 amide bonds. The van der Waals surface area contributed by atoms with Crippen molar-refractivity contribution in [3.63, 3.8) is 0 Å². The van der Waals surface area contributed by atoms with E-state index < -0.39 is 17.9 Å². The molecule has 35 heavy (non-hydrogen) atoms. The van der Waals surface area contributed by atoms with Crippen LogP contribution >= 0.6 is 0 Å². The molecule has 10 heteroatoms. The minimum Gasteiger partial charge on any atom is -0.466 e. The van der Waals surface area contributed by atoms with E-state index >= 15 is 0 Å². The third-order valence-electron chi connectivity index (χ3n) is 5.71. The van der Waals surface area contributed by atoms with Gasteiger partial charge in [0.2, 0.25) is 5.91 Å². The number of anilines is 1. The van der Waals surface area contributed by atoms with Crippen LogP contribution in [-0.4, -0.2) is 37.8 Å². The molecule has 2 aliphatic rings. The van der Waals surface area contributed by atoms with Gasteiger partial charge in [0, 0.05) is 5.69 Å². The summed E-state index contributed by atoms with van der Waals surface area (Å²) in [5.74, 6) is -2.81. The summed E-state index contributed by atoms with van der Waals surface area (Å²) >= 11 is 0. The lowest BCUT2D eigenvalue weighted by molar-refractivity contribution is -0.139. The van der Waals surface area contributed by atoms with Crippen LogP contribution in [0.4, 0.5) is 5.69 Å². The fourth-order valence-electron chi connectivity index (χ4n) is 4.11. The molecule has 4 rings (SSSR count). The summed E-state index contributed by atoms with van der Waals surface area (Å²) in [5.41, 5.74) is 10.9. The molecule has 0 aliphatic carbocycles. The number of nitrogens with zero attached hydrogens (tertiary/aromatic N) is 3. The second kappa shape index (κ2) is 9.52. The number of carbonyl (C=O) groups is 3. The number of benzene rings is 2. The standard InChI is InChI=1S/C25H21N5O5/c1-34-24(32)21-20(15-6-4-3-5-7-15)17(13-26)23(27)30(22(21)25(33)35-2)16-10-8-14(9-11-16)18-12-19(31)29-28-18/h3-11,20H,12,27H2,1-2H3,(H,29,31). The van der Waals surface area contributed by atoms with Gasteiger partial charge in [-0.15, -0.1) is 0 Å². The third-order valence-corrected chi connectivity index (χ3v) is 5.71. The van der Waals surface area contributed by atoms with Crippen molar-refractivity contribution < 1.29 is 23.9 Å². The SMILES string of the molecule is COC(=O)C1=C(C(=O)OC)N(c2ccc(C3=NNC(=O)C3)cc2)C(N)=C(C#N)C1c1ccccc1. The number of hydrogen-bond donors (Lipinski definition) is 2. The maximum Gasteiger partial charge on any atom is 0.355 e. The number of hydrogen-bond acceptors (Lipinski definition) is 9. The predicted octanol–water partition coefficient (Wildman–Crippen LogP) is 1.81. The fraction of sp³-hybridized carbons (Fsp3) is 0.160. The van der Waals surface area contributed by atoms with Crippen LogP contribution in [-0.2, 0) is 23.9 Å². The number of ether oxygens (including phenoxy) is 2. The van der Waals surface area contributed by atoms with Gasteiger partial charge in [0.15, 0.2) is 0 Å². The van der Waals surface area contributed by atoms with Gasteiger partial charge in [0.1, 0.15) is 11.5 Å². The number of rotatable bonds is 5. The van der Waals surface area contributed by atoms with Crippen LogP contribution in [0.3, 0.4) is 0 Å². The van der Waals surface area contributed by atoms with Crippen LogP contribution in [0.15, 0.2) is 82.4 Å².